The van der Waals surface area contributed by atoms with Gasteiger partial charge in [0.25, 0.3) is 0 Å². The first-order valence-electron chi connectivity index (χ1n) is 8.07. The molecule has 22 heavy (non-hydrogen) atoms. The number of carbonyl (C=O) groups is 1. The van der Waals surface area contributed by atoms with Gasteiger partial charge < -0.3 is 10.2 Å². The first kappa shape index (κ1) is 17.3. The smallest absolute Gasteiger partial charge is 0.244 e. The minimum absolute atomic E-state index is 0. The molecule has 0 aliphatic carbocycles. The number of para-hydroxylation sites is 1. The lowest BCUT2D eigenvalue weighted by Gasteiger charge is -2.42. The normalized spacial score (nSPS) is 26.6. The monoisotopic (exact) mass is 323 g/mol. The fraction of sp³-hybridized carbons (Fsp3) is 0.588. The summed E-state index contributed by atoms with van der Waals surface area (Å²) in [5.41, 5.74) is 1.04. The van der Waals surface area contributed by atoms with E-state index < -0.39 is 0 Å². The lowest BCUT2D eigenvalue weighted by atomic mass is 9.97. The van der Waals surface area contributed by atoms with Gasteiger partial charge in [-0.1, -0.05) is 18.2 Å². The van der Waals surface area contributed by atoms with Crippen molar-refractivity contribution in [2.24, 2.45) is 0 Å². The van der Waals surface area contributed by atoms with Gasteiger partial charge in [0.2, 0.25) is 5.91 Å². The van der Waals surface area contributed by atoms with Gasteiger partial charge in [0.05, 0.1) is 6.04 Å². The molecule has 1 aromatic carbocycles. The predicted octanol–water partition coefficient (Wildman–Crippen LogP) is 2.29. The van der Waals surface area contributed by atoms with Crippen LogP contribution in [0.1, 0.15) is 25.7 Å². The van der Waals surface area contributed by atoms with Crippen LogP contribution in [0.2, 0.25) is 0 Å². The maximum atomic E-state index is 12.9. The Hall–Kier alpha value is -1.10. The number of rotatable bonds is 3. The zero-order valence-corrected chi connectivity index (χ0v) is 14.0. The summed E-state index contributed by atoms with van der Waals surface area (Å²) in [7, 11) is 2.02. The second-order valence-electron chi connectivity index (χ2n) is 6.11. The summed E-state index contributed by atoms with van der Waals surface area (Å²) < 4.78 is 0. The average molecular weight is 324 g/mol. The molecule has 1 aromatic rings. The maximum absolute atomic E-state index is 12.9. The zero-order valence-electron chi connectivity index (χ0n) is 13.2. The fourth-order valence-corrected chi connectivity index (χ4v) is 3.58. The maximum Gasteiger partial charge on any atom is 0.244 e. The lowest BCUT2D eigenvalue weighted by molar-refractivity contribution is -0.126. The summed E-state index contributed by atoms with van der Waals surface area (Å²) in [4.78, 5) is 17.2. The molecule has 2 aliphatic heterocycles. The molecule has 0 spiro atoms. The SMILES string of the molecule is CNC1CCCN(C2CCCN(c3ccccc3)C2=O)C1.Cl. The van der Waals surface area contributed by atoms with Crippen molar-refractivity contribution in [2.45, 2.75) is 37.8 Å². The van der Waals surface area contributed by atoms with Crippen molar-refractivity contribution < 1.29 is 4.79 Å². The van der Waals surface area contributed by atoms with Crippen molar-refractivity contribution in [1.82, 2.24) is 10.2 Å². The van der Waals surface area contributed by atoms with Gasteiger partial charge in [-0.25, -0.2) is 0 Å². The van der Waals surface area contributed by atoms with Crippen molar-refractivity contribution in [1.29, 1.82) is 0 Å². The highest BCUT2D eigenvalue weighted by molar-refractivity contribution is 5.97. The standard InChI is InChI=1S/C17H25N3O.ClH/c1-18-14-7-5-11-19(13-14)16-10-6-12-20(17(16)21)15-8-3-2-4-9-15;/h2-4,8-9,14,16,18H,5-7,10-13H2,1H3;1H. The second kappa shape index (κ2) is 7.95. The van der Waals surface area contributed by atoms with Gasteiger partial charge in [0.1, 0.15) is 0 Å². The quantitative estimate of drug-likeness (QED) is 0.927. The molecule has 0 radical (unpaired) electrons. The molecule has 0 saturated carbocycles. The summed E-state index contributed by atoms with van der Waals surface area (Å²) in [5.74, 6) is 0.282. The van der Waals surface area contributed by atoms with Gasteiger partial charge in [-0.3, -0.25) is 9.69 Å². The average Bonchev–Trinajstić information content (AvgIpc) is 2.56. The molecular weight excluding hydrogens is 298 g/mol. The lowest BCUT2D eigenvalue weighted by Crippen LogP contribution is -2.57. The number of amides is 1. The highest BCUT2D eigenvalue weighted by Crippen LogP contribution is 2.25. The van der Waals surface area contributed by atoms with Gasteiger partial charge in [0, 0.05) is 24.8 Å². The number of benzene rings is 1. The number of hydrogen-bond acceptors (Lipinski definition) is 3. The van der Waals surface area contributed by atoms with Crippen molar-refractivity contribution in [3.8, 4) is 0 Å². The van der Waals surface area contributed by atoms with E-state index in [1.165, 1.54) is 12.8 Å². The van der Waals surface area contributed by atoms with Crippen LogP contribution in [0.25, 0.3) is 0 Å². The minimum Gasteiger partial charge on any atom is -0.316 e. The van der Waals surface area contributed by atoms with E-state index in [0.29, 0.717) is 6.04 Å². The number of carbonyl (C=O) groups excluding carboxylic acids is 1. The first-order valence-corrected chi connectivity index (χ1v) is 8.07. The van der Waals surface area contributed by atoms with E-state index in [1.807, 2.05) is 42.3 Å². The summed E-state index contributed by atoms with van der Waals surface area (Å²) in [6.07, 6.45) is 4.49. The Morgan fingerprint density at radius 2 is 1.82 bits per heavy atom. The molecule has 3 rings (SSSR count). The Morgan fingerprint density at radius 3 is 2.55 bits per heavy atom. The van der Waals surface area contributed by atoms with E-state index in [-0.39, 0.29) is 24.4 Å². The number of nitrogens with zero attached hydrogens (tertiary/aromatic N) is 2. The van der Waals surface area contributed by atoms with Crippen LogP contribution in [0.3, 0.4) is 0 Å². The highest BCUT2D eigenvalue weighted by Gasteiger charge is 2.35. The summed E-state index contributed by atoms with van der Waals surface area (Å²) in [6.45, 7) is 2.90. The van der Waals surface area contributed by atoms with Crippen LogP contribution in [0.15, 0.2) is 30.3 Å². The van der Waals surface area contributed by atoms with E-state index in [4.69, 9.17) is 0 Å². The van der Waals surface area contributed by atoms with Crippen LogP contribution in [0.5, 0.6) is 0 Å². The van der Waals surface area contributed by atoms with E-state index >= 15 is 0 Å². The fourth-order valence-electron chi connectivity index (χ4n) is 3.58. The van der Waals surface area contributed by atoms with Gasteiger partial charge in [-0.2, -0.15) is 0 Å². The van der Waals surface area contributed by atoms with Crippen molar-refractivity contribution >= 4 is 24.0 Å². The van der Waals surface area contributed by atoms with E-state index in [1.54, 1.807) is 0 Å². The molecule has 1 amide bonds. The number of halogens is 1. The molecule has 122 valence electrons. The van der Waals surface area contributed by atoms with Crippen molar-refractivity contribution in [2.75, 3.05) is 31.6 Å². The third-order valence-corrected chi connectivity index (χ3v) is 4.78. The molecule has 0 aromatic heterocycles. The molecule has 0 bridgehead atoms. The Kier molecular flexibility index (Phi) is 6.24. The molecule has 1 N–H and O–H groups in total. The third kappa shape index (κ3) is 3.62. The van der Waals surface area contributed by atoms with Gasteiger partial charge in [-0.15, -0.1) is 12.4 Å². The first-order chi connectivity index (χ1) is 10.3. The number of likely N-dealkylation sites (tertiary alicyclic amines) is 1. The van der Waals surface area contributed by atoms with Crippen LogP contribution in [0.4, 0.5) is 5.69 Å². The number of likely N-dealkylation sites (N-methyl/N-ethyl adjacent to an activating group) is 1. The van der Waals surface area contributed by atoms with E-state index in [9.17, 15) is 4.79 Å². The van der Waals surface area contributed by atoms with Crippen LogP contribution in [0, 0.1) is 0 Å². The number of anilines is 1. The molecule has 2 heterocycles. The molecule has 2 saturated heterocycles. The Balaban J connectivity index is 0.00000176. The topological polar surface area (TPSA) is 35.6 Å². The predicted molar refractivity (Wildman–Crippen MR) is 92.7 cm³/mol. The van der Waals surface area contributed by atoms with Gasteiger partial charge >= 0.3 is 0 Å². The molecule has 2 fully saturated rings. The summed E-state index contributed by atoms with van der Waals surface area (Å²) in [5, 5.41) is 3.36. The van der Waals surface area contributed by atoms with Gasteiger partial charge in [0.15, 0.2) is 0 Å². The molecule has 2 atom stereocenters. The van der Waals surface area contributed by atoms with Crippen molar-refractivity contribution in [3.63, 3.8) is 0 Å². The van der Waals surface area contributed by atoms with Crippen LogP contribution in [-0.2, 0) is 4.79 Å². The Labute approximate surface area is 139 Å². The van der Waals surface area contributed by atoms with Crippen molar-refractivity contribution in [3.05, 3.63) is 30.3 Å². The van der Waals surface area contributed by atoms with E-state index in [2.05, 4.69) is 10.2 Å². The van der Waals surface area contributed by atoms with Crippen LogP contribution in [-0.4, -0.2) is 49.6 Å². The Morgan fingerprint density at radius 1 is 1.09 bits per heavy atom. The Bertz CT molecular complexity index is 482. The number of piperidine rings is 2. The molecule has 2 aliphatic rings. The van der Waals surface area contributed by atoms with E-state index in [0.717, 1.165) is 38.2 Å². The summed E-state index contributed by atoms with van der Waals surface area (Å²) >= 11 is 0. The highest BCUT2D eigenvalue weighted by atomic mass is 35.5. The third-order valence-electron chi connectivity index (χ3n) is 4.78. The number of nitrogens with one attached hydrogen (secondary N) is 1. The second-order valence-corrected chi connectivity index (χ2v) is 6.11. The molecule has 4 nitrogen and oxygen atoms in total. The summed E-state index contributed by atoms with van der Waals surface area (Å²) in [6, 6.07) is 10.7. The van der Waals surface area contributed by atoms with Crippen LogP contribution < -0.4 is 10.2 Å². The minimum atomic E-state index is 0. The van der Waals surface area contributed by atoms with Gasteiger partial charge in [-0.05, 0) is 51.4 Å². The largest absolute Gasteiger partial charge is 0.316 e. The molecule has 2 unspecified atom stereocenters. The molecular formula is C17H26ClN3O. The zero-order chi connectivity index (χ0) is 14.7. The molecule has 5 heteroatoms. The number of hydrogen-bond donors (Lipinski definition) is 1. The van der Waals surface area contributed by atoms with Crippen LogP contribution >= 0.6 is 12.4 Å².